The molecule has 0 saturated heterocycles. The number of halogens is 2. The van der Waals surface area contributed by atoms with Gasteiger partial charge in [-0.3, -0.25) is 10.1 Å². The molecule has 21 heavy (non-hydrogen) atoms. The van der Waals surface area contributed by atoms with Gasteiger partial charge in [-0.25, -0.2) is 4.39 Å². The number of thioether (sulfide) groups is 1. The fraction of sp³-hybridized carbons (Fsp3) is 0.143. The van der Waals surface area contributed by atoms with Crippen LogP contribution in [0.4, 0.5) is 20.2 Å². The molecule has 2 rings (SSSR count). The molecule has 1 N–H and O–H groups in total. The van der Waals surface area contributed by atoms with Crippen molar-refractivity contribution in [3.05, 3.63) is 63.7 Å². The van der Waals surface area contributed by atoms with Crippen molar-refractivity contribution >= 4 is 23.1 Å². The maximum atomic E-state index is 13.6. The van der Waals surface area contributed by atoms with Crippen LogP contribution in [-0.2, 0) is 6.54 Å². The molecule has 0 amide bonds. The Morgan fingerprint density at radius 1 is 1.19 bits per heavy atom. The molecule has 110 valence electrons. The highest BCUT2D eigenvalue weighted by Crippen LogP contribution is 2.25. The van der Waals surface area contributed by atoms with Crippen molar-refractivity contribution in [2.45, 2.75) is 11.4 Å². The van der Waals surface area contributed by atoms with Gasteiger partial charge in [0.15, 0.2) is 0 Å². The van der Waals surface area contributed by atoms with Gasteiger partial charge in [-0.2, -0.15) is 4.39 Å². The van der Waals surface area contributed by atoms with Crippen LogP contribution in [0.2, 0.25) is 0 Å². The Labute approximate surface area is 124 Å². The zero-order valence-corrected chi connectivity index (χ0v) is 11.9. The van der Waals surface area contributed by atoms with E-state index in [1.54, 1.807) is 11.8 Å². The number of hydrogen-bond donors (Lipinski definition) is 1. The van der Waals surface area contributed by atoms with Crippen LogP contribution in [0.1, 0.15) is 5.56 Å². The van der Waals surface area contributed by atoms with E-state index in [4.69, 9.17) is 0 Å². The number of rotatable bonds is 5. The largest absolute Gasteiger partial charge is 0.378 e. The number of anilines is 1. The average molecular weight is 310 g/mol. The lowest BCUT2D eigenvalue weighted by atomic mass is 10.2. The zero-order chi connectivity index (χ0) is 15.4. The summed E-state index contributed by atoms with van der Waals surface area (Å²) in [6.45, 7) is 0.286. The zero-order valence-electron chi connectivity index (χ0n) is 11.1. The Morgan fingerprint density at radius 3 is 2.43 bits per heavy atom. The predicted molar refractivity (Wildman–Crippen MR) is 78.6 cm³/mol. The Bertz CT molecular complexity index is 663. The molecule has 0 aliphatic heterocycles. The topological polar surface area (TPSA) is 55.2 Å². The lowest BCUT2D eigenvalue weighted by Crippen LogP contribution is -2.03. The number of benzene rings is 2. The summed E-state index contributed by atoms with van der Waals surface area (Å²) in [6.07, 6.45) is 1.96. The second-order valence-corrected chi connectivity index (χ2v) is 5.12. The third-order valence-electron chi connectivity index (χ3n) is 2.88. The Balaban J connectivity index is 2.15. The van der Waals surface area contributed by atoms with Gasteiger partial charge in [0.1, 0.15) is 5.82 Å². The van der Waals surface area contributed by atoms with E-state index in [0.717, 1.165) is 16.5 Å². The highest BCUT2D eigenvalue weighted by atomic mass is 32.2. The second kappa shape index (κ2) is 6.53. The third-order valence-corrected chi connectivity index (χ3v) is 3.62. The predicted octanol–water partition coefficient (Wildman–Crippen LogP) is 4.21. The minimum atomic E-state index is -1.19. The molecule has 0 spiro atoms. The lowest BCUT2D eigenvalue weighted by Gasteiger charge is -2.08. The summed E-state index contributed by atoms with van der Waals surface area (Å²) in [6, 6.07) is 8.96. The van der Waals surface area contributed by atoms with Gasteiger partial charge in [-0.1, -0.05) is 12.1 Å². The van der Waals surface area contributed by atoms with Gasteiger partial charge in [0.2, 0.25) is 5.82 Å². The van der Waals surface area contributed by atoms with Crippen LogP contribution in [0.3, 0.4) is 0 Å². The Morgan fingerprint density at radius 2 is 1.86 bits per heavy atom. The molecule has 0 unspecified atom stereocenters. The number of nitrogens with zero attached hydrogens (tertiary/aromatic N) is 1. The van der Waals surface area contributed by atoms with Crippen LogP contribution in [-0.4, -0.2) is 11.2 Å². The number of hydrogen-bond acceptors (Lipinski definition) is 4. The van der Waals surface area contributed by atoms with Crippen LogP contribution in [0.25, 0.3) is 0 Å². The van der Waals surface area contributed by atoms with Crippen molar-refractivity contribution in [3.8, 4) is 0 Å². The van der Waals surface area contributed by atoms with Gasteiger partial charge in [0, 0.05) is 23.6 Å². The molecule has 2 aromatic rings. The maximum Gasteiger partial charge on any atom is 0.307 e. The van der Waals surface area contributed by atoms with Crippen LogP contribution >= 0.6 is 11.8 Å². The van der Waals surface area contributed by atoms with Crippen LogP contribution < -0.4 is 5.32 Å². The molecule has 2 aromatic carbocycles. The first-order valence-corrected chi connectivity index (χ1v) is 7.24. The molecule has 0 saturated carbocycles. The van der Waals surface area contributed by atoms with E-state index in [0.29, 0.717) is 6.07 Å². The molecule has 7 heteroatoms. The standard InChI is InChI=1S/C14H12F2N2O2S/c1-21-10-4-2-9(3-5-10)8-17-13-7-14(18(19)20)12(16)6-11(13)15/h2-7,17H,8H2,1H3. The van der Waals surface area contributed by atoms with E-state index in [2.05, 4.69) is 5.32 Å². The highest BCUT2D eigenvalue weighted by molar-refractivity contribution is 7.98. The molecule has 0 aliphatic rings. The van der Waals surface area contributed by atoms with Crippen molar-refractivity contribution in [2.75, 3.05) is 11.6 Å². The maximum absolute atomic E-state index is 13.6. The summed E-state index contributed by atoms with van der Waals surface area (Å²) in [5.74, 6) is -2.05. The van der Waals surface area contributed by atoms with Gasteiger partial charge in [-0.15, -0.1) is 11.8 Å². The monoisotopic (exact) mass is 310 g/mol. The van der Waals surface area contributed by atoms with E-state index in [9.17, 15) is 18.9 Å². The third kappa shape index (κ3) is 3.69. The summed E-state index contributed by atoms with van der Waals surface area (Å²) < 4.78 is 26.8. The van der Waals surface area contributed by atoms with Gasteiger partial charge in [-0.05, 0) is 24.0 Å². The quantitative estimate of drug-likeness (QED) is 0.511. The van der Waals surface area contributed by atoms with E-state index in [-0.39, 0.29) is 12.2 Å². The number of nitro groups is 1. The smallest absolute Gasteiger partial charge is 0.307 e. The molecule has 4 nitrogen and oxygen atoms in total. The second-order valence-electron chi connectivity index (χ2n) is 4.24. The lowest BCUT2D eigenvalue weighted by molar-refractivity contribution is -0.387. The average Bonchev–Trinajstić information content (AvgIpc) is 2.46. The van der Waals surface area contributed by atoms with E-state index in [1.807, 2.05) is 30.5 Å². The van der Waals surface area contributed by atoms with E-state index in [1.165, 1.54) is 0 Å². The molecule has 0 bridgehead atoms. The van der Waals surface area contributed by atoms with Crippen LogP contribution in [0.5, 0.6) is 0 Å². The van der Waals surface area contributed by atoms with Gasteiger partial charge < -0.3 is 5.32 Å². The molecular formula is C14H12F2N2O2S. The molecule has 0 aromatic heterocycles. The van der Waals surface area contributed by atoms with Crippen molar-refractivity contribution < 1.29 is 13.7 Å². The molecule has 0 heterocycles. The van der Waals surface area contributed by atoms with Crippen molar-refractivity contribution in [1.29, 1.82) is 0 Å². The number of nitrogens with one attached hydrogen (secondary N) is 1. The highest BCUT2D eigenvalue weighted by Gasteiger charge is 2.18. The molecule has 0 atom stereocenters. The van der Waals surface area contributed by atoms with Gasteiger partial charge in [0.05, 0.1) is 10.6 Å². The summed E-state index contributed by atoms with van der Waals surface area (Å²) >= 11 is 1.60. The van der Waals surface area contributed by atoms with E-state index >= 15 is 0 Å². The molecule has 0 radical (unpaired) electrons. The summed E-state index contributed by atoms with van der Waals surface area (Å²) in [4.78, 5) is 10.9. The first kappa shape index (κ1) is 15.2. The van der Waals surface area contributed by atoms with Crippen LogP contribution in [0, 0.1) is 21.7 Å². The van der Waals surface area contributed by atoms with E-state index < -0.39 is 22.2 Å². The summed E-state index contributed by atoms with van der Waals surface area (Å²) in [5.41, 5.74) is 0.0350. The summed E-state index contributed by atoms with van der Waals surface area (Å²) in [5, 5.41) is 13.4. The Hall–Kier alpha value is -2.15. The molecule has 0 aliphatic carbocycles. The normalized spacial score (nSPS) is 10.4. The van der Waals surface area contributed by atoms with Crippen molar-refractivity contribution in [3.63, 3.8) is 0 Å². The van der Waals surface area contributed by atoms with Crippen LogP contribution in [0.15, 0.2) is 41.3 Å². The first-order valence-electron chi connectivity index (χ1n) is 6.01. The van der Waals surface area contributed by atoms with Gasteiger partial charge >= 0.3 is 5.69 Å². The fourth-order valence-electron chi connectivity index (χ4n) is 1.75. The minimum Gasteiger partial charge on any atom is -0.378 e. The van der Waals surface area contributed by atoms with Crippen molar-refractivity contribution in [2.24, 2.45) is 0 Å². The SMILES string of the molecule is CSc1ccc(CNc2cc([N+](=O)[O-])c(F)cc2F)cc1. The van der Waals surface area contributed by atoms with Gasteiger partial charge in [0.25, 0.3) is 0 Å². The first-order chi connectivity index (χ1) is 10.0. The summed E-state index contributed by atoms with van der Waals surface area (Å²) in [7, 11) is 0. The molecule has 0 fully saturated rings. The number of nitro benzene ring substituents is 1. The fourth-order valence-corrected chi connectivity index (χ4v) is 2.16. The molecular weight excluding hydrogens is 298 g/mol. The minimum absolute atomic E-state index is 0.1000. The van der Waals surface area contributed by atoms with Crippen molar-refractivity contribution in [1.82, 2.24) is 0 Å². The Kier molecular flexibility index (Phi) is 4.74.